The van der Waals surface area contributed by atoms with Crippen LogP contribution in [-0.4, -0.2) is 41.3 Å². The van der Waals surface area contributed by atoms with E-state index in [-0.39, 0.29) is 5.82 Å². The predicted molar refractivity (Wildman–Crippen MR) is 133 cm³/mol. The van der Waals surface area contributed by atoms with Gasteiger partial charge in [-0.2, -0.15) is 9.97 Å². The molecule has 0 spiro atoms. The van der Waals surface area contributed by atoms with E-state index in [9.17, 15) is 4.39 Å². The van der Waals surface area contributed by atoms with Gasteiger partial charge in [0.05, 0.1) is 0 Å². The van der Waals surface area contributed by atoms with E-state index in [2.05, 4.69) is 33.4 Å². The van der Waals surface area contributed by atoms with Crippen LogP contribution in [0.2, 0.25) is 0 Å². The smallest absolute Gasteiger partial charge is 0.232 e. The molecule has 0 amide bonds. The van der Waals surface area contributed by atoms with Crippen LogP contribution in [0.4, 0.5) is 22.0 Å². The van der Waals surface area contributed by atoms with Crippen molar-refractivity contribution in [3.05, 3.63) is 41.7 Å². The van der Waals surface area contributed by atoms with Gasteiger partial charge in [0.1, 0.15) is 17.5 Å². The maximum atomic E-state index is 13.1. The van der Waals surface area contributed by atoms with E-state index in [0.717, 1.165) is 43.4 Å². The lowest BCUT2D eigenvalue weighted by Gasteiger charge is -2.33. The van der Waals surface area contributed by atoms with Crippen LogP contribution in [0.5, 0.6) is 0 Å². The molecule has 0 aliphatic carbocycles. The molecular formula is C24H33FN6S. The molecule has 2 N–H and O–H groups in total. The topological polar surface area (TPSA) is 56.3 Å². The van der Waals surface area contributed by atoms with Crippen LogP contribution in [0.15, 0.2) is 30.3 Å². The Morgan fingerprint density at radius 3 is 2.34 bits per heavy atom. The minimum absolute atomic E-state index is 0.243. The SMILES string of the molecule is C[C@@H]1CCCN(c2cc(N3CCCCCC3)nc(NC(=S)NCc3ccc(F)cc3)n2)C1. The fourth-order valence-electron chi connectivity index (χ4n) is 4.43. The number of nitrogens with one attached hydrogen (secondary N) is 2. The van der Waals surface area contributed by atoms with Crippen molar-refractivity contribution in [3.63, 3.8) is 0 Å². The number of hydrogen-bond donors (Lipinski definition) is 2. The summed E-state index contributed by atoms with van der Waals surface area (Å²) in [5.74, 6) is 2.88. The number of benzene rings is 1. The minimum atomic E-state index is -0.243. The molecule has 1 aromatic carbocycles. The first-order valence-corrected chi connectivity index (χ1v) is 12.2. The van der Waals surface area contributed by atoms with E-state index < -0.39 is 0 Å². The van der Waals surface area contributed by atoms with Gasteiger partial charge in [0.15, 0.2) is 5.11 Å². The van der Waals surface area contributed by atoms with Crippen molar-refractivity contribution in [2.24, 2.45) is 5.92 Å². The Balaban J connectivity index is 1.49. The van der Waals surface area contributed by atoms with Crippen LogP contribution in [0.1, 0.15) is 51.0 Å². The second-order valence-corrected chi connectivity index (χ2v) is 9.35. The summed E-state index contributed by atoms with van der Waals surface area (Å²) in [6.07, 6.45) is 7.40. The summed E-state index contributed by atoms with van der Waals surface area (Å²) in [7, 11) is 0. The lowest BCUT2D eigenvalue weighted by molar-refractivity contribution is 0.444. The van der Waals surface area contributed by atoms with E-state index in [1.54, 1.807) is 12.1 Å². The van der Waals surface area contributed by atoms with E-state index in [1.807, 2.05) is 0 Å². The fourth-order valence-corrected chi connectivity index (χ4v) is 4.59. The van der Waals surface area contributed by atoms with E-state index in [1.165, 1.54) is 50.7 Å². The average Bonchev–Trinajstić information content (AvgIpc) is 3.08. The average molecular weight is 457 g/mol. The zero-order valence-electron chi connectivity index (χ0n) is 18.8. The van der Waals surface area contributed by atoms with Gasteiger partial charge in [0.25, 0.3) is 0 Å². The van der Waals surface area contributed by atoms with Crippen molar-refractivity contribution < 1.29 is 4.39 Å². The Morgan fingerprint density at radius 2 is 1.66 bits per heavy atom. The monoisotopic (exact) mass is 456 g/mol. The van der Waals surface area contributed by atoms with Gasteiger partial charge in [-0.05, 0) is 61.5 Å². The summed E-state index contributed by atoms with van der Waals surface area (Å²) >= 11 is 5.50. The van der Waals surface area contributed by atoms with Crippen molar-refractivity contribution in [2.75, 3.05) is 41.3 Å². The summed E-state index contributed by atoms with van der Waals surface area (Å²) in [5, 5.41) is 6.81. The summed E-state index contributed by atoms with van der Waals surface area (Å²) in [4.78, 5) is 14.4. The van der Waals surface area contributed by atoms with Gasteiger partial charge in [0.2, 0.25) is 5.95 Å². The molecule has 0 saturated carbocycles. The molecule has 4 rings (SSSR count). The number of anilines is 3. The molecule has 172 valence electrons. The predicted octanol–water partition coefficient (Wildman–Crippen LogP) is 4.72. The van der Waals surface area contributed by atoms with Gasteiger partial charge >= 0.3 is 0 Å². The standard InChI is InChI=1S/C24H33FN6S/c1-18-7-6-14-31(17-18)22-15-21(30-12-4-2-3-5-13-30)27-23(28-22)29-24(32)26-16-19-8-10-20(25)11-9-19/h8-11,15,18H,2-7,12-14,16-17H2,1H3,(H2,26,27,28,29,32)/t18-/m1/s1. The Morgan fingerprint density at radius 1 is 1.00 bits per heavy atom. The fraction of sp³-hybridized carbons (Fsp3) is 0.542. The maximum absolute atomic E-state index is 13.1. The molecule has 2 aromatic rings. The highest BCUT2D eigenvalue weighted by Crippen LogP contribution is 2.27. The van der Waals surface area contributed by atoms with Gasteiger partial charge in [-0.3, -0.25) is 0 Å². The summed E-state index contributed by atoms with van der Waals surface area (Å²) < 4.78 is 13.1. The molecule has 6 nitrogen and oxygen atoms in total. The van der Waals surface area contributed by atoms with E-state index in [4.69, 9.17) is 22.2 Å². The van der Waals surface area contributed by atoms with Crippen LogP contribution in [-0.2, 0) is 6.54 Å². The number of halogens is 1. The lowest BCUT2D eigenvalue weighted by atomic mass is 10.0. The number of aromatic nitrogens is 2. The van der Waals surface area contributed by atoms with Crippen LogP contribution < -0.4 is 20.4 Å². The first kappa shape index (κ1) is 22.7. The molecule has 1 aromatic heterocycles. The van der Waals surface area contributed by atoms with Crippen molar-refractivity contribution >= 4 is 34.9 Å². The molecule has 0 unspecified atom stereocenters. The molecular weight excluding hydrogens is 423 g/mol. The normalized spacial score (nSPS) is 19.4. The van der Waals surface area contributed by atoms with Gasteiger partial charge in [-0.1, -0.05) is 31.9 Å². The van der Waals surface area contributed by atoms with Gasteiger partial charge in [0, 0.05) is 38.8 Å². The quantitative estimate of drug-likeness (QED) is 0.632. The molecule has 1 atom stereocenters. The zero-order chi connectivity index (χ0) is 22.3. The molecule has 2 fully saturated rings. The third-order valence-corrected chi connectivity index (χ3v) is 6.45. The third kappa shape index (κ3) is 6.28. The number of rotatable bonds is 5. The van der Waals surface area contributed by atoms with Crippen molar-refractivity contribution in [2.45, 2.75) is 52.0 Å². The van der Waals surface area contributed by atoms with Crippen molar-refractivity contribution in [1.82, 2.24) is 15.3 Å². The molecule has 0 radical (unpaired) electrons. The first-order valence-electron chi connectivity index (χ1n) is 11.7. The lowest BCUT2D eigenvalue weighted by Crippen LogP contribution is -2.36. The van der Waals surface area contributed by atoms with Crippen LogP contribution in [0, 0.1) is 11.7 Å². The number of hydrogen-bond acceptors (Lipinski definition) is 5. The number of nitrogens with zero attached hydrogens (tertiary/aromatic N) is 4. The summed E-state index contributed by atoms with van der Waals surface area (Å²) in [6.45, 7) is 6.90. The maximum Gasteiger partial charge on any atom is 0.232 e. The van der Waals surface area contributed by atoms with Crippen LogP contribution in [0.25, 0.3) is 0 Å². The molecule has 2 saturated heterocycles. The number of thiocarbonyl (C=S) groups is 1. The molecule has 32 heavy (non-hydrogen) atoms. The van der Waals surface area contributed by atoms with Crippen LogP contribution >= 0.6 is 12.2 Å². The molecule has 8 heteroatoms. The highest BCUT2D eigenvalue weighted by molar-refractivity contribution is 7.80. The third-order valence-electron chi connectivity index (χ3n) is 6.20. The van der Waals surface area contributed by atoms with Crippen molar-refractivity contribution in [3.8, 4) is 0 Å². The molecule has 2 aliphatic heterocycles. The largest absolute Gasteiger partial charge is 0.358 e. The zero-order valence-corrected chi connectivity index (χ0v) is 19.6. The Kier molecular flexibility index (Phi) is 7.73. The van der Waals surface area contributed by atoms with Crippen molar-refractivity contribution in [1.29, 1.82) is 0 Å². The molecule has 0 bridgehead atoms. The van der Waals surface area contributed by atoms with Gasteiger partial charge in [-0.25, -0.2) is 4.39 Å². The Labute approximate surface area is 195 Å². The Hall–Kier alpha value is -2.48. The highest BCUT2D eigenvalue weighted by Gasteiger charge is 2.21. The second-order valence-electron chi connectivity index (χ2n) is 8.94. The molecule has 2 aliphatic rings. The van der Waals surface area contributed by atoms with E-state index in [0.29, 0.717) is 23.5 Å². The highest BCUT2D eigenvalue weighted by atomic mass is 32.1. The summed E-state index contributed by atoms with van der Waals surface area (Å²) in [6, 6.07) is 8.54. The summed E-state index contributed by atoms with van der Waals surface area (Å²) in [5.41, 5.74) is 0.956. The van der Waals surface area contributed by atoms with Crippen LogP contribution in [0.3, 0.4) is 0 Å². The van der Waals surface area contributed by atoms with E-state index >= 15 is 0 Å². The minimum Gasteiger partial charge on any atom is -0.358 e. The van der Waals surface area contributed by atoms with Gasteiger partial charge in [-0.15, -0.1) is 0 Å². The Bertz CT molecular complexity index is 878. The van der Waals surface area contributed by atoms with Gasteiger partial charge < -0.3 is 20.4 Å². The first-order chi connectivity index (χ1) is 15.6. The second kappa shape index (κ2) is 10.9. The number of piperidine rings is 1. The molecule has 3 heterocycles.